The van der Waals surface area contributed by atoms with Crippen molar-refractivity contribution in [2.24, 2.45) is 0 Å². The summed E-state index contributed by atoms with van der Waals surface area (Å²) in [6.45, 7) is 0. The molecule has 3 aromatic carbocycles. The molecule has 0 atom stereocenters. The molecule has 0 saturated carbocycles. The topological polar surface area (TPSA) is 76.3 Å². The molecule has 5 aromatic rings. The fraction of sp³-hybridized carbons (Fsp3) is 0. The molecule has 5 rings (SSSR count). The molecule has 158 valence electrons. The van der Waals surface area contributed by atoms with E-state index < -0.39 is 10.0 Å². The number of rotatable bonds is 6. The molecule has 2 heterocycles. The van der Waals surface area contributed by atoms with Crippen LogP contribution in [0.4, 0.5) is 10.8 Å². The van der Waals surface area contributed by atoms with E-state index in [4.69, 9.17) is 4.52 Å². The smallest absolute Gasteiger partial charge is 0.270 e. The summed E-state index contributed by atoms with van der Waals surface area (Å²) < 4.78 is 33.6. The molecular formula is C24H17N3O3S2. The van der Waals surface area contributed by atoms with Crippen LogP contribution < -0.4 is 4.31 Å². The summed E-state index contributed by atoms with van der Waals surface area (Å²) in [7, 11) is -3.92. The lowest BCUT2D eigenvalue weighted by atomic mass is 10.2. The number of hydrogen-bond donors (Lipinski definition) is 0. The highest BCUT2D eigenvalue weighted by Crippen LogP contribution is 2.36. The average molecular weight is 460 g/mol. The Morgan fingerprint density at radius 1 is 0.750 bits per heavy atom. The molecular weight excluding hydrogens is 442 g/mol. The van der Waals surface area contributed by atoms with Gasteiger partial charge in [0, 0.05) is 22.6 Å². The molecule has 0 spiro atoms. The van der Waals surface area contributed by atoms with Crippen molar-refractivity contribution in [3.8, 4) is 22.5 Å². The number of nitrogens with zero attached hydrogens (tertiary/aromatic N) is 3. The Kier molecular flexibility index (Phi) is 5.30. The first kappa shape index (κ1) is 20.2. The van der Waals surface area contributed by atoms with Crippen LogP contribution in [-0.2, 0) is 10.0 Å². The molecule has 0 N–H and O–H groups in total. The fourth-order valence-electron chi connectivity index (χ4n) is 3.28. The standard InChI is InChI=1S/C24H17N3O3S2/c28-32(29,21-13-11-19(12-14-21)22-15-16-30-26-22)27(20-9-5-2-6-10-20)24-25-23(17-31-24)18-7-3-1-4-8-18/h1-17H. The normalized spacial score (nSPS) is 11.4. The van der Waals surface area contributed by atoms with E-state index in [1.807, 2.05) is 41.8 Å². The lowest BCUT2D eigenvalue weighted by Crippen LogP contribution is -2.26. The van der Waals surface area contributed by atoms with Crippen molar-refractivity contribution >= 4 is 32.2 Å². The third-order valence-electron chi connectivity index (χ3n) is 4.85. The van der Waals surface area contributed by atoms with Crippen molar-refractivity contribution in [1.29, 1.82) is 0 Å². The molecule has 0 fully saturated rings. The maximum Gasteiger partial charge on any atom is 0.270 e. The molecule has 0 bridgehead atoms. The van der Waals surface area contributed by atoms with Crippen LogP contribution in [-0.4, -0.2) is 18.6 Å². The molecule has 0 aliphatic rings. The van der Waals surface area contributed by atoms with Gasteiger partial charge in [-0.2, -0.15) is 0 Å². The second kappa shape index (κ2) is 8.41. The number of aromatic nitrogens is 2. The van der Waals surface area contributed by atoms with Gasteiger partial charge in [-0.05, 0) is 24.3 Å². The summed E-state index contributed by atoms with van der Waals surface area (Å²) in [5.74, 6) is 0. The average Bonchev–Trinajstić information content (AvgIpc) is 3.54. The van der Waals surface area contributed by atoms with E-state index >= 15 is 0 Å². The molecule has 2 aromatic heterocycles. The molecule has 0 saturated heterocycles. The highest BCUT2D eigenvalue weighted by atomic mass is 32.2. The maximum atomic E-state index is 13.7. The van der Waals surface area contributed by atoms with Crippen molar-refractivity contribution in [3.63, 3.8) is 0 Å². The first-order valence-electron chi connectivity index (χ1n) is 9.75. The quantitative estimate of drug-likeness (QED) is 0.312. The molecule has 0 aliphatic heterocycles. The zero-order chi connectivity index (χ0) is 22.0. The number of hydrogen-bond acceptors (Lipinski definition) is 6. The first-order valence-corrected chi connectivity index (χ1v) is 12.1. The summed E-state index contributed by atoms with van der Waals surface area (Å²) in [6.07, 6.45) is 1.48. The van der Waals surface area contributed by atoms with E-state index in [9.17, 15) is 8.42 Å². The van der Waals surface area contributed by atoms with Gasteiger partial charge in [0.05, 0.1) is 16.3 Å². The van der Waals surface area contributed by atoms with E-state index in [-0.39, 0.29) is 4.90 Å². The molecule has 0 unspecified atom stereocenters. The van der Waals surface area contributed by atoms with Gasteiger partial charge in [-0.25, -0.2) is 17.7 Å². The highest BCUT2D eigenvalue weighted by Gasteiger charge is 2.29. The van der Waals surface area contributed by atoms with Crippen LogP contribution in [0.15, 0.2) is 112 Å². The van der Waals surface area contributed by atoms with E-state index in [0.717, 1.165) is 16.8 Å². The molecule has 0 aliphatic carbocycles. The third-order valence-corrected chi connectivity index (χ3v) is 7.53. The Labute approximate surface area is 189 Å². The van der Waals surface area contributed by atoms with Gasteiger partial charge in [0.1, 0.15) is 12.0 Å². The van der Waals surface area contributed by atoms with Crippen LogP contribution in [0.2, 0.25) is 0 Å². The SMILES string of the molecule is O=S(=O)(c1ccc(-c2ccon2)cc1)N(c1ccccc1)c1nc(-c2ccccc2)cs1. The molecule has 0 amide bonds. The van der Waals surface area contributed by atoms with Gasteiger partial charge < -0.3 is 4.52 Å². The summed E-state index contributed by atoms with van der Waals surface area (Å²) in [6, 6.07) is 26.9. The van der Waals surface area contributed by atoms with Gasteiger partial charge in [0.25, 0.3) is 10.0 Å². The zero-order valence-electron chi connectivity index (χ0n) is 16.7. The number of benzene rings is 3. The summed E-state index contributed by atoms with van der Waals surface area (Å²) in [4.78, 5) is 4.81. The number of thiazole rings is 1. The second-order valence-corrected chi connectivity index (χ2v) is 9.52. The van der Waals surface area contributed by atoms with Gasteiger partial charge >= 0.3 is 0 Å². The van der Waals surface area contributed by atoms with E-state index in [1.54, 1.807) is 54.6 Å². The van der Waals surface area contributed by atoms with Gasteiger partial charge in [-0.1, -0.05) is 65.8 Å². The van der Waals surface area contributed by atoms with Crippen molar-refractivity contribution < 1.29 is 12.9 Å². The Bertz CT molecular complexity index is 1420. The van der Waals surface area contributed by atoms with Crippen molar-refractivity contribution in [3.05, 3.63) is 103 Å². The maximum absolute atomic E-state index is 13.7. The van der Waals surface area contributed by atoms with E-state index in [1.165, 1.54) is 21.9 Å². The predicted octanol–water partition coefficient (Wildman–Crippen LogP) is 5.99. The van der Waals surface area contributed by atoms with Gasteiger partial charge in [0.15, 0.2) is 0 Å². The van der Waals surface area contributed by atoms with Crippen LogP contribution in [0.3, 0.4) is 0 Å². The summed E-state index contributed by atoms with van der Waals surface area (Å²) >= 11 is 1.28. The minimum absolute atomic E-state index is 0.157. The molecule has 0 radical (unpaired) electrons. The Morgan fingerprint density at radius 3 is 2.06 bits per heavy atom. The van der Waals surface area contributed by atoms with Crippen molar-refractivity contribution in [2.75, 3.05) is 4.31 Å². The molecule has 32 heavy (non-hydrogen) atoms. The second-order valence-electron chi connectivity index (χ2n) is 6.90. The van der Waals surface area contributed by atoms with Gasteiger partial charge in [-0.3, -0.25) is 0 Å². The Morgan fingerprint density at radius 2 is 1.41 bits per heavy atom. The van der Waals surface area contributed by atoms with Gasteiger partial charge in [-0.15, -0.1) is 11.3 Å². The van der Waals surface area contributed by atoms with Crippen LogP contribution in [0.1, 0.15) is 0 Å². The number of para-hydroxylation sites is 1. The lowest BCUT2D eigenvalue weighted by Gasteiger charge is -2.22. The summed E-state index contributed by atoms with van der Waals surface area (Å²) in [5.41, 5.74) is 3.58. The predicted molar refractivity (Wildman–Crippen MR) is 125 cm³/mol. The monoisotopic (exact) mass is 459 g/mol. The number of anilines is 2. The minimum Gasteiger partial charge on any atom is -0.364 e. The molecule has 8 heteroatoms. The lowest BCUT2D eigenvalue weighted by molar-refractivity contribution is 0.422. The Hall–Kier alpha value is -3.75. The van der Waals surface area contributed by atoms with Gasteiger partial charge in [0.2, 0.25) is 5.13 Å². The molecule has 6 nitrogen and oxygen atoms in total. The highest BCUT2D eigenvalue weighted by molar-refractivity contribution is 7.93. The fourth-order valence-corrected chi connectivity index (χ4v) is 5.80. The summed E-state index contributed by atoms with van der Waals surface area (Å²) in [5, 5.41) is 6.13. The Balaban J connectivity index is 1.58. The van der Waals surface area contributed by atoms with Crippen LogP contribution >= 0.6 is 11.3 Å². The third kappa shape index (κ3) is 3.81. The van der Waals surface area contributed by atoms with Crippen molar-refractivity contribution in [1.82, 2.24) is 10.1 Å². The first-order chi connectivity index (χ1) is 15.6. The van der Waals surface area contributed by atoms with E-state index in [2.05, 4.69) is 10.1 Å². The van der Waals surface area contributed by atoms with Crippen LogP contribution in [0, 0.1) is 0 Å². The van der Waals surface area contributed by atoms with E-state index in [0.29, 0.717) is 16.5 Å². The van der Waals surface area contributed by atoms with Crippen molar-refractivity contribution in [2.45, 2.75) is 4.90 Å². The largest absolute Gasteiger partial charge is 0.364 e. The zero-order valence-corrected chi connectivity index (χ0v) is 18.3. The van der Waals surface area contributed by atoms with Crippen LogP contribution in [0.5, 0.6) is 0 Å². The van der Waals surface area contributed by atoms with Crippen LogP contribution in [0.25, 0.3) is 22.5 Å². The minimum atomic E-state index is -3.92. The number of sulfonamides is 1.